The van der Waals surface area contributed by atoms with E-state index in [0.29, 0.717) is 10.8 Å². The second-order valence-corrected chi connectivity index (χ2v) is 3.54. The summed E-state index contributed by atoms with van der Waals surface area (Å²) >= 11 is 7.10. The van der Waals surface area contributed by atoms with Gasteiger partial charge in [-0.2, -0.15) is 0 Å². The van der Waals surface area contributed by atoms with Crippen LogP contribution in [0, 0.1) is 0 Å². The van der Waals surface area contributed by atoms with E-state index in [0.717, 1.165) is 5.56 Å². The minimum Gasteiger partial charge on any atom is -0.351 e. The molecule has 3 nitrogen and oxygen atoms in total. The highest BCUT2D eigenvalue weighted by Gasteiger charge is 1.99. The van der Waals surface area contributed by atoms with Crippen LogP contribution in [0.3, 0.4) is 0 Å². The molecule has 0 aromatic heterocycles. The summed E-state index contributed by atoms with van der Waals surface area (Å²) in [7, 11) is 0. The lowest BCUT2D eigenvalue weighted by Gasteiger charge is -2.02. The van der Waals surface area contributed by atoms with Gasteiger partial charge in [0, 0.05) is 10.8 Å². The normalized spacial score (nSPS) is 9.62. The van der Waals surface area contributed by atoms with Crippen LogP contribution in [-0.4, -0.2) is 6.03 Å². The zero-order chi connectivity index (χ0) is 9.68. The summed E-state index contributed by atoms with van der Waals surface area (Å²) in [5.41, 5.74) is 5.87. The number of rotatable bonds is 3. The van der Waals surface area contributed by atoms with E-state index in [1.54, 1.807) is 0 Å². The fourth-order valence-corrected chi connectivity index (χ4v) is 1.70. The molecule has 13 heavy (non-hydrogen) atoms. The van der Waals surface area contributed by atoms with Crippen molar-refractivity contribution in [1.29, 1.82) is 0 Å². The van der Waals surface area contributed by atoms with Crippen molar-refractivity contribution in [2.75, 3.05) is 0 Å². The Balaban J connectivity index is 2.45. The Kier molecular flexibility index (Phi) is 3.92. The van der Waals surface area contributed by atoms with Crippen LogP contribution in [0.1, 0.15) is 5.56 Å². The van der Waals surface area contributed by atoms with E-state index in [1.165, 1.54) is 11.9 Å². The lowest BCUT2D eigenvalue weighted by Crippen LogP contribution is -2.23. The first kappa shape index (κ1) is 10.2. The summed E-state index contributed by atoms with van der Waals surface area (Å²) < 4.78 is 2.42. The van der Waals surface area contributed by atoms with Crippen molar-refractivity contribution in [3.8, 4) is 0 Å². The molecule has 3 N–H and O–H groups in total. The number of amides is 2. The van der Waals surface area contributed by atoms with Crippen LogP contribution < -0.4 is 10.5 Å². The third-order valence-electron chi connectivity index (χ3n) is 1.36. The van der Waals surface area contributed by atoms with Crippen LogP contribution in [0.2, 0.25) is 5.02 Å². The van der Waals surface area contributed by atoms with E-state index in [9.17, 15) is 4.79 Å². The zero-order valence-corrected chi connectivity index (χ0v) is 8.36. The van der Waals surface area contributed by atoms with Gasteiger partial charge in [-0.1, -0.05) is 29.8 Å². The van der Waals surface area contributed by atoms with Crippen molar-refractivity contribution in [3.63, 3.8) is 0 Å². The van der Waals surface area contributed by atoms with Gasteiger partial charge in [-0.05, 0) is 23.6 Å². The number of benzene rings is 1. The summed E-state index contributed by atoms with van der Waals surface area (Å²) in [6.45, 7) is 0. The summed E-state index contributed by atoms with van der Waals surface area (Å²) in [4.78, 5) is 10.3. The number of urea groups is 1. The first-order valence-corrected chi connectivity index (χ1v) is 4.97. The molecule has 1 rings (SSSR count). The molecule has 0 atom stereocenters. The maximum absolute atomic E-state index is 10.3. The Bertz CT molecular complexity index is 306. The second kappa shape index (κ2) is 4.99. The van der Waals surface area contributed by atoms with Crippen LogP contribution in [0.4, 0.5) is 4.79 Å². The Morgan fingerprint density at radius 1 is 1.54 bits per heavy atom. The molecule has 0 saturated carbocycles. The highest BCUT2D eigenvalue weighted by molar-refractivity contribution is 7.97. The van der Waals surface area contributed by atoms with Crippen LogP contribution in [0.5, 0.6) is 0 Å². The van der Waals surface area contributed by atoms with Gasteiger partial charge in [0.05, 0.1) is 0 Å². The van der Waals surface area contributed by atoms with Crippen molar-refractivity contribution in [1.82, 2.24) is 4.72 Å². The van der Waals surface area contributed by atoms with Crippen LogP contribution in [0.15, 0.2) is 24.3 Å². The molecule has 0 heterocycles. The maximum Gasteiger partial charge on any atom is 0.322 e. The van der Waals surface area contributed by atoms with Crippen molar-refractivity contribution < 1.29 is 4.79 Å². The number of nitrogens with one attached hydrogen (secondary N) is 1. The molecule has 5 heteroatoms. The second-order valence-electron chi connectivity index (χ2n) is 2.35. The van der Waals surface area contributed by atoms with E-state index in [1.807, 2.05) is 24.3 Å². The van der Waals surface area contributed by atoms with Gasteiger partial charge < -0.3 is 5.73 Å². The van der Waals surface area contributed by atoms with E-state index in [-0.39, 0.29) is 0 Å². The summed E-state index contributed by atoms with van der Waals surface area (Å²) in [6, 6.07) is 6.92. The molecule has 0 aliphatic heterocycles. The number of carbonyl (C=O) groups is 1. The molecule has 1 aromatic rings. The minimum absolute atomic E-state index is 0.544. The van der Waals surface area contributed by atoms with Crippen molar-refractivity contribution in [2.45, 2.75) is 5.75 Å². The van der Waals surface area contributed by atoms with Crippen LogP contribution in [0.25, 0.3) is 0 Å². The number of carbonyl (C=O) groups excluding carboxylic acids is 1. The van der Waals surface area contributed by atoms with Crippen molar-refractivity contribution in [2.24, 2.45) is 5.73 Å². The largest absolute Gasteiger partial charge is 0.351 e. The van der Waals surface area contributed by atoms with Crippen molar-refractivity contribution >= 4 is 29.6 Å². The van der Waals surface area contributed by atoms with E-state index in [4.69, 9.17) is 17.3 Å². The lowest BCUT2D eigenvalue weighted by molar-refractivity contribution is 0.254. The van der Waals surface area contributed by atoms with E-state index >= 15 is 0 Å². The highest BCUT2D eigenvalue weighted by atomic mass is 35.5. The molecule has 0 radical (unpaired) electrons. The minimum atomic E-state index is -0.544. The first-order valence-electron chi connectivity index (χ1n) is 3.61. The smallest absolute Gasteiger partial charge is 0.322 e. The predicted molar refractivity (Wildman–Crippen MR) is 55.5 cm³/mol. The number of hydrogen-bond acceptors (Lipinski definition) is 2. The third kappa shape index (κ3) is 3.57. The monoisotopic (exact) mass is 216 g/mol. The van der Waals surface area contributed by atoms with Gasteiger partial charge in [0.15, 0.2) is 0 Å². The Morgan fingerprint density at radius 2 is 2.23 bits per heavy atom. The van der Waals surface area contributed by atoms with Gasteiger partial charge in [-0.3, -0.25) is 4.72 Å². The fourth-order valence-electron chi connectivity index (χ4n) is 0.800. The molecule has 70 valence electrons. The van der Waals surface area contributed by atoms with Crippen LogP contribution in [-0.2, 0) is 5.75 Å². The molecule has 2 amide bonds. The van der Waals surface area contributed by atoms with Gasteiger partial charge in [0.25, 0.3) is 0 Å². The predicted octanol–water partition coefficient (Wildman–Crippen LogP) is 2.16. The van der Waals surface area contributed by atoms with Crippen molar-refractivity contribution in [3.05, 3.63) is 34.9 Å². The average Bonchev–Trinajstić information content (AvgIpc) is 2.08. The van der Waals surface area contributed by atoms with E-state index < -0.39 is 6.03 Å². The zero-order valence-electron chi connectivity index (χ0n) is 6.79. The Labute approximate surface area is 85.8 Å². The van der Waals surface area contributed by atoms with Gasteiger partial charge >= 0.3 is 6.03 Å². The lowest BCUT2D eigenvalue weighted by atomic mass is 10.2. The number of hydrogen-bond donors (Lipinski definition) is 2. The quantitative estimate of drug-likeness (QED) is 0.761. The molecule has 0 unspecified atom stereocenters. The summed E-state index contributed by atoms with van der Waals surface area (Å²) in [6.07, 6.45) is 0. The SMILES string of the molecule is NC(=O)NSCc1ccccc1Cl. The molecule has 0 saturated heterocycles. The molecule has 0 spiro atoms. The van der Waals surface area contributed by atoms with Gasteiger partial charge in [0.1, 0.15) is 0 Å². The molecular weight excluding hydrogens is 208 g/mol. The summed E-state index contributed by atoms with van der Waals surface area (Å²) in [5.74, 6) is 0.614. The molecular formula is C8H9ClN2OS. The number of primary amides is 1. The Morgan fingerprint density at radius 3 is 2.85 bits per heavy atom. The fraction of sp³-hybridized carbons (Fsp3) is 0.125. The number of halogens is 1. The molecule has 0 fully saturated rings. The maximum atomic E-state index is 10.3. The van der Waals surface area contributed by atoms with Gasteiger partial charge in [0.2, 0.25) is 0 Å². The van der Waals surface area contributed by atoms with E-state index in [2.05, 4.69) is 4.72 Å². The van der Waals surface area contributed by atoms with Crippen LogP contribution >= 0.6 is 23.5 Å². The number of nitrogens with two attached hydrogens (primary N) is 1. The molecule has 1 aromatic carbocycles. The topological polar surface area (TPSA) is 55.1 Å². The van der Waals surface area contributed by atoms with Gasteiger partial charge in [-0.25, -0.2) is 4.79 Å². The first-order chi connectivity index (χ1) is 6.20. The Hall–Kier alpha value is -0.870. The highest BCUT2D eigenvalue weighted by Crippen LogP contribution is 2.18. The summed E-state index contributed by atoms with van der Waals surface area (Å²) in [5, 5.41) is 0.696. The average molecular weight is 217 g/mol. The molecule has 0 aliphatic carbocycles. The third-order valence-corrected chi connectivity index (χ3v) is 2.53. The molecule has 0 bridgehead atoms. The molecule has 0 aliphatic rings. The standard InChI is InChI=1S/C8H9ClN2OS/c9-7-4-2-1-3-6(7)5-13-11-8(10)12/h1-4H,5H2,(H3,10,11,12). The van der Waals surface area contributed by atoms with Gasteiger partial charge in [-0.15, -0.1) is 0 Å².